The van der Waals surface area contributed by atoms with Crippen LogP contribution in [0.2, 0.25) is 0 Å². The third-order valence-electron chi connectivity index (χ3n) is 3.71. The van der Waals surface area contributed by atoms with E-state index in [1.54, 1.807) is 0 Å². The van der Waals surface area contributed by atoms with Gasteiger partial charge in [0.1, 0.15) is 5.78 Å². The molecule has 2 heteroatoms. The second-order valence-corrected chi connectivity index (χ2v) is 4.86. The zero-order valence-corrected chi connectivity index (χ0v) is 9.65. The molecule has 0 amide bonds. The van der Waals surface area contributed by atoms with E-state index in [2.05, 4.69) is 0 Å². The molecule has 1 aromatic carbocycles. The molecule has 2 atom stereocenters. The van der Waals surface area contributed by atoms with Crippen LogP contribution in [-0.2, 0) is 4.79 Å². The minimum absolute atomic E-state index is 0.204. The van der Waals surface area contributed by atoms with Crippen molar-refractivity contribution in [1.29, 1.82) is 0 Å². The third-order valence-corrected chi connectivity index (χ3v) is 3.71. The summed E-state index contributed by atoms with van der Waals surface area (Å²) in [5, 5.41) is 10.4. The van der Waals surface area contributed by atoms with Crippen LogP contribution in [-0.4, -0.2) is 10.9 Å². The van der Waals surface area contributed by atoms with Gasteiger partial charge >= 0.3 is 0 Å². The topological polar surface area (TPSA) is 37.3 Å². The van der Waals surface area contributed by atoms with Crippen molar-refractivity contribution < 1.29 is 9.90 Å². The Balaban J connectivity index is 2.26. The number of benzene rings is 1. The van der Waals surface area contributed by atoms with E-state index >= 15 is 0 Å². The highest BCUT2D eigenvalue weighted by atomic mass is 16.3. The van der Waals surface area contributed by atoms with E-state index in [-0.39, 0.29) is 5.78 Å². The fourth-order valence-corrected chi connectivity index (χ4v) is 2.50. The number of hydrogen-bond acceptors (Lipinski definition) is 2. The number of rotatable bonds is 2. The Morgan fingerprint density at radius 1 is 1.25 bits per heavy atom. The standard InChI is InChI=1S/C14H18O2/c1-14(10-6-5-9-12(14)15)13(16)11-7-3-2-4-8-11/h2-4,7-8,13,16H,5-6,9-10H2,1H3/t13-,14+/m0/s1. The van der Waals surface area contributed by atoms with Gasteiger partial charge in [-0.3, -0.25) is 4.79 Å². The quantitative estimate of drug-likeness (QED) is 0.828. The van der Waals surface area contributed by atoms with Gasteiger partial charge in [0.05, 0.1) is 11.5 Å². The Bertz CT molecular complexity index is 372. The van der Waals surface area contributed by atoms with Crippen LogP contribution in [0.5, 0.6) is 0 Å². The number of aliphatic hydroxyl groups excluding tert-OH is 1. The van der Waals surface area contributed by atoms with Gasteiger partial charge in [-0.05, 0) is 25.3 Å². The maximum Gasteiger partial charge on any atom is 0.141 e. The Morgan fingerprint density at radius 2 is 1.94 bits per heavy atom. The lowest BCUT2D eigenvalue weighted by Crippen LogP contribution is -2.37. The lowest BCUT2D eigenvalue weighted by atomic mass is 9.69. The molecule has 1 aliphatic carbocycles. The molecule has 0 aliphatic heterocycles. The summed E-state index contributed by atoms with van der Waals surface area (Å²) < 4.78 is 0. The highest BCUT2D eigenvalue weighted by Gasteiger charge is 2.41. The van der Waals surface area contributed by atoms with E-state index in [0.29, 0.717) is 6.42 Å². The summed E-state index contributed by atoms with van der Waals surface area (Å²) in [6, 6.07) is 9.49. The summed E-state index contributed by atoms with van der Waals surface area (Å²) in [6.07, 6.45) is 2.74. The smallest absolute Gasteiger partial charge is 0.141 e. The Hall–Kier alpha value is -1.15. The van der Waals surface area contributed by atoms with Crippen molar-refractivity contribution >= 4 is 5.78 Å². The molecule has 0 saturated heterocycles. The maximum absolute atomic E-state index is 12.0. The van der Waals surface area contributed by atoms with Gasteiger partial charge < -0.3 is 5.11 Å². The first-order valence-electron chi connectivity index (χ1n) is 5.91. The van der Waals surface area contributed by atoms with Crippen LogP contribution >= 0.6 is 0 Å². The van der Waals surface area contributed by atoms with Gasteiger partial charge in [0.2, 0.25) is 0 Å². The summed E-state index contributed by atoms with van der Waals surface area (Å²) >= 11 is 0. The van der Waals surface area contributed by atoms with E-state index in [4.69, 9.17) is 0 Å². The van der Waals surface area contributed by atoms with E-state index < -0.39 is 11.5 Å². The molecule has 2 rings (SSSR count). The molecule has 0 aromatic heterocycles. The highest BCUT2D eigenvalue weighted by Crippen LogP contribution is 2.43. The molecule has 86 valence electrons. The second kappa shape index (κ2) is 4.38. The molecular formula is C14H18O2. The maximum atomic E-state index is 12.0. The van der Waals surface area contributed by atoms with Crippen LogP contribution < -0.4 is 0 Å². The molecule has 0 spiro atoms. The minimum atomic E-state index is -0.665. The average molecular weight is 218 g/mol. The van der Waals surface area contributed by atoms with Crippen LogP contribution in [0, 0.1) is 5.41 Å². The molecule has 0 bridgehead atoms. The Kier molecular flexibility index (Phi) is 3.10. The first kappa shape index (κ1) is 11.3. The van der Waals surface area contributed by atoms with Crippen molar-refractivity contribution in [3.63, 3.8) is 0 Å². The number of ketones is 1. The van der Waals surface area contributed by atoms with E-state index in [9.17, 15) is 9.90 Å². The van der Waals surface area contributed by atoms with E-state index in [1.807, 2.05) is 37.3 Å². The van der Waals surface area contributed by atoms with Crippen LogP contribution in [0.15, 0.2) is 30.3 Å². The number of hydrogen-bond donors (Lipinski definition) is 1. The molecule has 1 aliphatic rings. The van der Waals surface area contributed by atoms with Crippen LogP contribution in [0.3, 0.4) is 0 Å². The number of carbonyl (C=O) groups is 1. The van der Waals surface area contributed by atoms with Crippen molar-refractivity contribution in [2.45, 2.75) is 38.7 Å². The van der Waals surface area contributed by atoms with Crippen molar-refractivity contribution in [2.75, 3.05) is 0 Å². The molecule has 2 nitrogen and oxygen atoms in total. The van der Waals surface area contributed by atoms with Gasteiger partial charge in [0.25, 0.3) is 0 Å². The fraction of sp³-hybridized carbons (Fsp3) is 0.500. The monoisotopic (exact) mass is 218 g/mol. The molecule has 1 saturated carbocycles. The predicted molar refractivity (Wildman–Crippen MR) is 63.0 cm³/mol. The average Bonchev–Trinajstić information content (AvgIpc) is 2.33. The Morgan fingerprint density at radius 3 is 2.56 bits per heavy atom. The minimum Gasteiger partial charge on any atom is -0.387 e. The molecule has 1 aromatic rings. The van der Waals surface area contributed by atoms with Crippen molar-refractivity contribution in [3.8, 4) is 0 Å². The van der Waals surface area contributed by atoms with Crippen LogP contribution in [0.1, 0.15) is 44.3 Å². The number of carbonyl (C=O) groups excluding carboxylic acids is 1. The summed E-state index contributed by atoms with van der Waals surface area (Å²) in [6.45, 7) is 1.90. The summed E-state index contributed by atoms with van der Waals surface area (Å²) in [5.74, 6) is 0.204. The molecule has 1 N–H and O–H groups in total. The van der Waals surface area contributed by atoms with E-state index in [0.717, 1.165) is 24.8 Å². The highest BCUT2D eigenvalue weighted by molar-refractivity contribution is 5.85. The third kappa shape index (κ3) is 1.90. The lowest BCUT2D eigenvalue weighted by molar-refractivity contribution is -0.138. The van der Waals surface area contributed by atoms with Crippen molar-refractivity contribution in [1.82, 2.24) is 0 Å². The molecule has 16 heavy (non-hydrogen) atoms. The van der Waals surface area contributed by atoms with Gasteiger partial charge in [-0.25, -0.2) is 0 Å². The van der Waals surface area contributed by atoms with Crippen LogP contribution in [0.25, 0.3) is 0 Å². The van der Waals surface area contributed by atoms with Gasteiger partial charge in [-0.1, -0.05) is 36.8 Å². The molecule has 0 heterocycles. The normalized spacial score (nSPS) is 27.8. The molecule has 0 radical (unpaired) electrons. The SMILES string of the molecule is C[C@@]1([C@@H](O)c2ccccc2)CCCCC1=O. The zero-order valence-electron chi connectivity index (χ0n) is 9.65. The summed E-state index contributed by atoms with van der Waals surface area (Å²) in [5.41, 5.74) is 0.264. The van der Waals surface area contributed by atoms with E-state index in [1.165, 1.54) is 0 Å². The first-order chi connectivity index (χ1) is 7.64. The van der Waals surface area contributed by atoms with Crippen molar-refractivity contribution in [3.05, 3.63) is 35.9 Å². The largest absolute Gasteiger partial charge is 0.387 e. The van der Waals surface area contributed by atoms with Gasteiger partial charge in [0.15, 0.2) is 0 Å². The molecule has 0 unspecified atom stereocenters. The summed E-state index contributed by atoms with van der Waals surface area (Å²) in [7, 11) is 0. The Labute approximate surface area is 96.3 Å². The van der Waals surface area contributed by atoms with Gasteiger partial charge in [0, 0.05) is 6.42 Å². The number of aliphatic hydroxyl groups is 1. The summed E-state index contributed by atoms with van der Waals surface area (Å²) in [4.78, 5) is 12.0. The number of Topliss-reactive ketones (excluding diaryl/α,β-unsaturated/α-hetero) is 1. The second-order valence-electron chi connectivity index (χ2n) is 4.86. The van der Waals surface area contributed by atoms with Crippen molar-refractivity contribution in [2.24, 2.45) is 5.41 Å². The molecule has 1 fully saturated rings. The lowest BCUT2D eigenvalue weighted by Gasteiger charge is -2.36. The zero-order chi connectivity index (χ0) is 11.6. The first-order valence-corrected chi connectivity index (χ1v) is 5.91. The predicted octanol–water partition coefficient (Wildman–Crippen LogP) is 2.87. The van der Waals surface area contributed by atoms with Gasteiger partial charge in [-0.2, -0.15) is 0 Å². The van der Waals surface area contributed by atoms with Gasteiger partial charge in [-0.15, -0.1) is 0 Å². The molecular weight excluding hydrogens is 200 g/mol. The van der Waals surface area contributed by atoms with Crippen LogP contribution in [0.4, 0.5) is 0 Å². The fourth-order valence-electron chi connectivity index (χ4n) is 2.50.